The van der Waals surface area contributed by atoms with E-state index in [9.17, 15) is 0 Å². The summed E-state index contributed by atoms with van der Waals surface area (Å²) in [7, 11) is -2.62. The van der Waals surface area contributed by atoms with Gasteiger partial charge in [-0.1, -0.05) is 99.5 Å². The fourth-order valence-corrected chi connectivity index (χ4v) is 8.15. The smallest absolute Gasteiger partial charge is 0.262 e. The molecule has 0 aliphatic heterocycles. The lowest BCUT2D eigenvalue weighted by molar-refractivity contribution is 0.232. The highest BCUT2D eigenvalue weighted by atomic mass is 28.4. The second kappa shape index (κ2) is 9.71. The topological polar surface area (TPSA) is 29.5 Å². The number of terminal acetylenes is 1. The van der Waals surface area contributed by atoms with Crippen molar-refractivity contribution in [3.63, 3.8) is 0 Å². The number of aliphatic hydroxyl groups excluding tert-OH is 1. The molecular formula is C24H30O2Si. The fourth-order valence-electron chi connectivity index (χ4n) is 3.52. The predicted molar refractivity (Wildman–Crippen MR) is 117 cm³/mol. The number of hydrogen-bond donors (Lipinski definition) is 1. The van der Waals surface area contributed by atoms with Crippen LogP contribution in [0, 0.1) is 12.3 Å². The van der Waals surface area contributed by atoms with E-state index in [0.717, 1.165) is 12.8 Å². The quantitative estimate of drug-likeness (QED) is 0.429. The van der Waals surface area contributed by atoms with Crippen LogP contribution < -0.4 is 10.4 Å². The zero-order chi connectivity index (χ0) is 19.8. The van der Waals surface area contributed by atoms with Crippen molar-refractivity contribution in [3.05, 3.63) is 72.8 Å². The molecule has 0 aliphatic rings. The Balaban J connectivity index is 2.52. The Kier molecular flexibility index (Phi) is 7.62. The van der Waals surface area contributed by atoms with E-state index in [2.05, 4.69) is 75.2 Å². The molecule has 0 saturated carbocycles. The minimum absolute atomic E-state index is 0.0519. The molecule has 0 bridgehead atoms. The van der Waals surface area contributed by atoms with Crippen LogP contribution in [0.1, 0.15) is 33.6 Å². The highest BCUT2D eigenvalue weighted by Gasteiger charge is 2.51. The molecule has 0 fully saturated rings. The average molecular weight is 379 g/mol. The lowest BCUT2D eigenvalue weighted by Gasteiger charge is -2.44. The van der Waals surface area contributed by atoms with E-state index in [1.165, 1.54) is 10.4 Å². The zero-order valence-electron chi connectivity index (χ0n) is 16.6. The summed E-state index contributed by atoms with van der Waals surface area (Å²) in [6.07, 6.45) is 10.8. The molecule has 0 aromatic heterocycles. The van der Waals surface area contributed by atoms with Gasteiger partial charge >= 0.3 is 0 Å². The lowest BCUT2D eigenvalue weighted by atomic mass is 10.2. The second-order valence-corrected chi connectivity index (χ2v) is 11.9. The maximum atomic E-state index is 8.93. The van der Waals surface area contributed by atoms with Gasteiger partial charge in [0.2, 0.25) is 0 Å². The normalized spacial score (nSPS) is 13.4. The molecule has 0 aliphatic carbocycles. The lowest BCUT2D eigenvalue weighted by Crippen LogP contribution is -2.67. The molecule has 2 aromatic carbocycles. The van der Waals surface area contributed by atoms with Crippen molar-refractivity contribution in [2.75, 3.05) is 6.61 Å². The number of hydrogen-bond acceptors (Lipinski definition) is 2. The van der Waals surface area contributed by atoms with Crippen molar-refractivity contribution >= 4 is 18.7 Å². The fraction of sp³-hybridized carbons (Fsp3) is 0.333. The van der Waals surface area contributed by atoms with Gasteiger partial charge in [0, 0.05) is 0 Å². The Morgan fingerprint density at radius 3 is 1.93 bits per heavy atom. The van der Waals surface area contributed by atoms with Crippen molar-refractivity contribution < 1.29 is 9.53 Å². The Hall–Kier alpha value is -2.12. The van der Waals surface area contributed by atoms with Crippen molar-refractivity contribution in [1.29, 1.82) is 0 Å². The maximum Gasteiger partial charge on any atom is 0.262 e. The van der Waals surface area contributed by atoms with Gasteiger partial charge in [-0.05, 0) is 28.3 Å². The number of benzene rings is 2. The van der Waals surface area contributed by atoms with Crippen molar-refractivity contribution in [2.45, 2.75) is 44.8 Å². The van der Waals surface area contributed by atoms with Gasteiger partial charge in [-0.25, -0.2) is 0 Å². The average Bonchev–Trinajstić information content (AvgIpc) is 2.68. The van der Waals surface area contributed by atoms with Crippen LogP contribution in [0.2, 0.25) is 5.04 Å². The van der Waals surface area contributed by atoms with Crippen LogP contribution in [-0.4, -0.2) is 26.1 Å². The van der Waals surface area contributed by atoms with Crippen LogP contribution in [0.3, 0.4) is 0 Å². The molecule has 0 heterocycles. The van der Waals surface area contributed by atoms with Gasteiger partial charge in [0.15, 0.2) is 0 Å². The van der Waals surface area contributed by atoms with Crippen LogP contribution in [0.4, 0.5) is 0 Å². The highest BCUT2D eigenvalue weighted by Crippen LogP contribution is 2.37. The van der Waals surface area contributed by atoms with E-state index < -0.39 is 8.32 Å². The minimum atomic E-state index is -2.62. The first-order valence-electron chi connectivity index (χ1n) is 9.46. The van der Waals surface area contributed by atoms with Crippen molar-refractivity contribution in [1.82, 2.24) is 0 Å². The van der Waals surface area contributed by atoms with Crippen LogP contribution in [0.25, 0.3) is 0 Å². The molecule has 0 radical (unpaired) electrons. The Morgan fingerprint density at radius 2 is 1.52 bits per heavy atom. The Bertz CT molecular complexity index is 715. The van der Waals surface area contributed by atoms with Gasteiger partial charge in [0.1, 0.15) is 6.10 Å². The second-order valence-electron chi connectivity index (χ2n) is 7.67. The summed E-state index contributed by atoms with van der Waals surface area (Å²) in [5.41, 5.74) is 0. The summed E-state index contributed by atoms with van der Waals surface area (Å²) in [6.45, 7) is 6.80. The monoisotopic (exact) mass is 378 g/mol. The summed E-state index contributed by atoms with van der Waals surface area (Å²) < 4.78 is 6.91. The highest BCUT2D eigenvalue weighted by molar-refractivity contribution is 6.99. The summed E-state index contributed by atoms with van der Waals surface area (Å²) in [6, 6.07) is 21.0. The first-order valence-corrected chi connectivity index (χ1v) is 11.4. The predicted octanol–water partition coefficient (Wildman–Crippen LogP) is 3.89. The molecule has 1 N–H and O–H groups in total. The zero-order valence-corrected chi connectivity index (χ0v) is 17.6. The van der Waals surface area contributed by atoms with Crippen molar-refractivity contribution in [3.8, 4) is 12.3 Å². The van der Waals surface area contributed by atoms with Gasteiger partial charge < -0.3 is 9.53 Å². The standard InChI is InChI=1S/C24H30O2Si/c1-5-21(15-9-8-14-20-25)26-27(24(2,3)4,22-16-10-6-11-17-22)23-18-12-7-13-19-23/h1,6-8,10-14,16-19,21,25H,9,15,20H2,2-4H3/b14-8+/t21-/m1/s1. The number of allylic oxidation sites excluding steroid dienone is 1. The Labute approximate surface area is 165 Å². The number of aliphatic hydroxyl groups is 1. The first-order chi connectivity index (χ1) is 13.0. The van der Waals surface area contributed by atoms with Gasteiger partial charge in [0.05, 0.1) is 6.61 Å². The van der Waals surface area contributed by atoms with E-state index >= 15 is 0 Å². The molecule has 0 spiro atoms. The van der Waals surface area contributed by atoms with Gasteiger partial charge in [0.25, 0.3) is 8.32 Å². The molecule has 2 rings (SSSR count). The Morgan fingerprint density at radius 1 is 1.00 bits per heavy atom. The molecule has 0 amide bonds. The molecule has 27 heavy (non-hydrogen) atoms. The molecule has 0 saturated heterocycles. The molecular weight excluding hydrogens is 348 g/mol. The van der Waals surface area contributed by atoms with E-state index in [1.54, 1.807) is 6.08 Å². The maximum absolute atomic E-state index is 8.93. The third-order valence-electron chi connectivity index (χ3n) is 4.79. The van der Waals surface area contributed by atoms with Gasteiger partial charge in [-0.2, -0.15) is 0 Å². The minimum Gasteiger partial charge on any atom is -0.394 e. The third-order valence-corrected chi connectivity index (χ3v) is 9.83. The summed E-state index contributed by atoms with van der Waals surface area (Å²) in [5.74, 6) is 2.86. The van der Waals surface area contributed by atoms with Gasteiger partial charge in [-0.3, -0.25) is 0 Å². The van der Waals surface area contributed by atoms with E-state index in [4.69, 9.17) is 16.0 Å². The first kappa shape index (κ1) is 21.2. The van der Waals surface area contributed by atoms with E-state index in [-0.39, 0.29) is 17.7 Å². The SMILES string of the molecule is C#C[C@H](CC/C=C/CO)O[Si](c1ccccc1)(c1ccccc1)C(C)(C)C. The van der Waals surface area contributed by atoms with Crippen LogP contribution in [-0.2, 0) is 4.43 Å². The van der Waals surface area contributed by atoms with Gasteiger partial charge in [-0.15, -0.1) is 6.42 Å². The molecule has 2 aromatic rings. The van der Waals surface area contributed by atoms with E-state index in [0.29, 0.717) is 0 Å². The number of rotatable bonds is 8. The molecule has 142 valence electrons. The summed E-state index contributed by atoms with van der Waals surface area (Å²) in [4.78, 5) is 0. The molecule has 0 unspecified atom stereocenters. The summed E-state index contributed by atoms with van der Waals surface area (Å²) >= 11 is 0. The van der Waals surface area contributed by atoms with Crippen molar-refractivity contribution in [2.24, 2.45) is 0 Å². The largest absolute Gasteiger partial charge is 0.394 e. The third kappa shape index (κ3) is 4.99. The molecule has 2 nitrogen and oxygen atoms in total. The summed E-state index contributed by atoms with van der Waals surface area (Å²) in [5, 5.41) is 11.3. The van der Waals surface area contributed by atoms with Crippen LogP contribution >= 0.6 is 0 Å². The van der Waals surface area contributed by atoms with Crippen LogP contribution in [0.15, 0.2) is 72.8 Å². The van der Waals surface area contributed by atoms with Crippen LogP contribution in [0.5, 0.6) is 0 Å². The van der Waals surface area contributed by atoms with E-state index in [1.807, 2.05) is 18.2 Å². The molecule has 3 heteroatoms. The molecule has 1 atom stereocenters.